The minimum Gasteiger partial charge on any atom is -0.352 e. The molecule has 2 N–H and O–H groups in total. The van der Waals surface area contributed by atoms with E-state index in [1.165, 1.54) is 19.1 Å². The molecule has 2 aromatic rings. The topological polar surface area (TPSA) is 101 Å². The summed E-state index contributed by atoms with van der Waals surface area (Å²) in [6.07, 6.45) is 0.611. The summed E-state index contributed by atoms with van der Waals surface area (Å²) in [7, 11) is 0. The summed E-state index contributed by atoms with van der Waals surface area (Å²) in [5, 5.41) is 16.3. The fraction of sp³-hybridized carbons (Fsp3) is 0.222. The molecule has 0 aromatic heterocycles. The lowest BCUT2D eigenvalue weighted by molar-refractivity contribution is -0.384. The first-order valence-electron chi connectivity index (χ1n) is 7.76. The summed E-state index contributed by atoms with van der Waals surface area (Å²) in [4.78, 5) is 33.5. The van der Waals surface area contributed by atoms with Gasteiger partial charge in [-0.05, 0) is 36.6 Å². The van der Waals surface area contributed by atoms with Gasteiger partial charge in [0.2, 0.25) is 5.91 Å². The van der Waals surface area contributed by atoms with Crippen LogP contribution >= 0.6 is 0 Å². The number of benzene rings is 2. The lowest BCUT2D eigenvalue weighted by atomic mass is 10.1. The highest BCUT2D eigenvalue weighted by Crippen LogP contribution is 2.17. The molecule has 0 spiro atoms. The monoisotopic (exact) mass is 341 g/mol. The molecule has 0 unspecified atom stereocenters. The normalized spacial score (nSPS) is 10.2. The van der Waals surface area contributed by atoms with Gasteiger partial charge < -0.3 is 10.6 Å². The number of rotatable bonds is 6. The molecule has 25 heavy (non-hydrogen) atoms. The van der Waals surface area contributed by atoms with Gasteiger partial charge in [-0.25, -0.2) is 0 Å². The van der Waals surface area contributed by atoms with Gasteiger partial charge in [0.05, 0.1) is 4.92 Å². The van der Waals surface area contributed by atoms with Crippen molar-refractivity contribution >= 4 is 23.2 Å². The highest BCUT2D eigenvalue weighted by molar-refractivity contribution is 5.96. The summed E-state index contributed by atoms with van der Waals surface area (Å²) in [5.41, 5.74) is 2.60. The molecule has 130 valence electrons. The number of anilines is 1. The molecule has 0 aliphatic carbocycles. The second-order valence-electron chi connectivity index (χ2n) is 5.64. The van der Waals surface area contributed by atoms with Crippen LogP contribution in [-0.4, -0.2) is 23.3 Å². The standard InChI is InChI=1S/C18H19N3O4/c1-12-3-8-16(21(24)25)11-17(12)18(23)19-10-9-14-4-6-15(7-5-14)20-13(2)22/h3-8,11H,9-10H2,1-2H3,(H,19,23)(H,20,22). The van der Waals surface area contributed by atoms with E-state index in [1.54, 1.807) is 25.1 Å². The van der Waals surface area contributed by atoms with Gasteiger partial charge in [0.15, 0.2) is 0 Å². The molecule has 0 radical (unpaired) electrons. The zero-order valence-electron chi connectivity index (χ0n) is 14.0. The number of amides is 2. The van der Waals surface area contributed by atoms with Crippen molar-refractivity contribution in [1.29, 1.82) is 0 Å². The number of nitrogens with zero attached hydrogens (tertiary/aromatic N) is 1. The van der Waals surface area contributed by atoms with E-state index in [9.17, 15) is 19.7 Å². The zero-order chi connectivity index (χ0) is 18.4. The van der Waals surface area contributed by atoms with Gasteiger partial charge in [-0.15, -0.1) is 0 Å². The average Bonchev–Trinajstić information content (AvgIpc) is 2.56. The van der Waals surface area contributed by atoms with Gasteiger partial charge in [0.25, 0.3) is 11.6 Å². The first-order valence-corrected chi connectivity index (χ1v) is 7.76. The maximum absolute atomic E-state index is 12.2. The van der Waals surface area contributed by atoms with Crippen molar-refractivity contribution in [3.05, 3.63) is 69.3 Å². The third kappa shape index (κ3) is 5.13. The number of hydrogen-bond donors (Lipinski definition) is 2. The molecular weight excluding hydrogens is 322 g/mol. The molecule has 0 atom stereocenters. The van der Waals surface area contributed by atoms with Crippen LogP contribution in [0.2, 0.25) is 0 Å². The van der Waals surface area contributed by atoms with E-state index < -0.39 is 4.92 Å². The number of nitro benzene ring substituents is 1. The number of hydrogen-bond acceptors (Lipinski definition) is 4. The van der Waals surface area contributed by atoms with Crippen molar-refractivity contribution in [2.75, 3.05) is 11.9 Å². The molecule has 2 rings (SSSR count). The third-order valence-corrected chi connectivity index (χ3v) is 3.65. The number of carbonyl (C=O) groups excluding carboxylic acids is 2. The van der Waals surface area contributed by atoms with Crippen LogP contribution in [0.4, 0.5) is 11.4 Å². The molecule has 0 saturated heterocycles. The van der Waals surface area contributed by atoms with Crippen molar-refractivity contribution in [3.8, 4) is 0 Å². The van der Waals surface area contributed by atoms with Gasteiger partial charge in [-0.1, -0.05) is 18.2 Å². The Bertz CT molecular complexity index is 800. The SMILES string of the molecule is CC(=O)Nc1ccc(CCNC(=O)c2cc([N+](=O)[O-])ccc2C)cc1. The van der Waals surface area contributed by atoms with Crippen LogP contribution in [0.1, 0.15) is 28.4 Å². The third-order valence-electron chi connectivity index (χ3n) is 3.65. The second kappa shape index (κ2) is 8.05. The smallest absolute Gasteiger partial charge is 0.270 e. The fourth-order valence-corrected chi connectivity index (χ4v) is 2.34. The first-order chi connectivity index (χ1) is 11.9. The number of nitrogens with one attached hydrogen (secondary N) is 2. The minimum atomic E-state index is -0.521. The number of aryl methyl sites for hydroxylation is 1. The van der Waals surface area contributed by atoms with E-state index in [0.29, 0.717) is 29.8 Å². The number of non-ortho nitro benzene ring substituents is 1. The van der Waals surface area contributed by atoms with Crippen LogP contribution < -0.4 is 10.6 Å². The van der Waals surface area contributed by atoms with Gasteiger partial charge in [-0.3, -0.25) is 19.7 Å². The molecule has 0 aliphatic heterocycles. The van der Waals surface area contributed by atoms with Crippen molar-refractivity contribution in [3.63, 3.8) is 0 Å². The molecule has 0 aliphatic rings. The molecule has 7 nitrogen and oxygen atoms in total. The van der Waals surface area contributed by atoms with E-state index in [0.717, 1.165) is 5.56 Å². The van der Waals surface area contributed by atoms with Crippen LogP contribution in [0.3, 0.4) is 0 Å². The molecule has 7 heteroatoms. The maximum atomic E-state index is 12.2. The van der Waals surface area contributed by atoms with Gasteiger partial charge in [0.1, 0.15) is 0 Å². The second-order valence-corrected chi connectivity index (χ2v) is 5.64. The lowest BCUT2D eigenvalue weighted by Crippen LogP contribution is -2.26. The predicted octanol–water partition coefficient (Wildman–Crippen LogP) is 2.83. The van der Waals surface area contributed by atoms with E-state index >= 15 is 0 Å². The van der Waals surface area contributed by atoms with Crippen molar-refractivity contribution in [1.82, 2.24) is 5.32 Å². The van der Waals surface area contributed by atoms with Crippen LogP contribution in [0.5, 0.6) is 0 Å². The quantitative estimate of drug-likeness (QED) is 0.623. The van der Waals surface area contributed by atoms with E-state index in [2.05, 4.69) is 10.6 Å². The Morgan fingerprint density at radius 3 is 2.40 bits per heavy atom. The van der Waals surface area contributed by atoms with Crippen LogP contribution in [-0.2, 0) is 11.2 Å². The Hall–Kier alpha value is -3.22. The van der Waals surface area contributed by atoms with Gasteiger partial charge in [0, 0.05) is 36.9 Å². The summed E-state index contributed by atoms with van der Waals surface area (Å²) >= 11 is 0. The zero-order valence-corrected chi connectivity index (χ0v) is 14.0. The maximum Gasteiger partial charge on any atom is 0.270 e. The fourth-order valence-electron chi connectivity index (χ4n) is 2.34. The Balaban J connectivity index is 1.93. The van der Waals surface area contributed by atoms with Crippen LogP contribution in [0.25, 0.3) is 0 Å². The van der Waals surface area contributed by atoms with E-state index in [-0.39, 0.29) is 17.5 Å². The molecule has 0 bridgehead atoms. The van der Waals surface area contributed by atoms with Gasteiger partial charge >= 0.3 is 0 Å². The molecule has 0 fully saturated rings. The van der Waals surface area contributed by atoms with Crippen molar-refractivity contribution in [2.24, 2.45) is 0 Å². The Labute approximate surface area is 145 Å². The van der Waals surface area contributed by atoms with Crippen molar-refractivity contribution in [2.45, 2.75) is 20.3 Å². The molecule has 0 saturated carbocycles. The summed E-state index contributed by atoms with van der Waals surface area (Å²) < 4.78 is 0. The van der Waals surface area contributed by atoms with Crippen LogP contribution in [0, 0.1) is 17.0 Å². The number of carbonyl (C=O) groups is 2. The van der Waals surface area contributed by atoms with Crippen molar-refractivity contribution < 1.29 is 14.5 Å². The summed E-state index contributed by atoms with van der Waals surface area (Å²) in [6.45, 7) is 3.58. The van der Waals surface area contributed by atoms with E-state index in [1.807, 2.05) is 12.1 Å². The highest BCUT2D eigenvalue weighted by Gasteiger charge is 2.14. The molecule has 0 heterocycles. The lowest BCUT2D eigenvalue weighted by Gasteiger charge is -2.08. The van der Waals surface area contributed by atoms with E-state index in [4.69, 9.17) is 0 Å². The summed E-state index contributed by atoms with van der Waals surface area (Å²) in [5.74, 6) is -0.469. The highest BCUT2D eigenvalue weighted by atomic mass is 16.6. The largest absolute Gasteiger partial charge is 0.352 e. The molecular formula is C18H19N3O4. The Morgan fingerprint density at radius 1 is 1.12 bits per heavy atom. The van der Waals surface area contributed by atoms with Gasteiger partial charge in [-0.2, -0.15) is 0 Å². The first kappa shape index (κ1) is 18.1. The summed E-state index contributed by atoms with van der Waals surface area (Å²) in [6, 6.07) is 11.6. The number of nitro groups is 1. The minimum absolute atomic E-state index is 0.107. The Kier molecular flexibility index (Phi) is 5.84. The average molecular weight is 341 g/mol. The Morgan fingerprint density at radius 2 is 1.80 bits per heavy atom. The van der Waals surface area contributed by atoms with Crippen LogP contribution in [0.15, 0.2) is 42.5 Å². The molecule has 2 amide bonds. The predicted molar refractivity (Wildman–Crippen MR) is 94.6 cm³/mol. The molecule has 2 aromatic carbocycles.